The molecular formula is C22H29N5O8. The minimum absolute atomic E-state index is 0.0613. The molecule has 1 atom stereocenters. The van der Waals surface area contributed by atoms with Crippen LogP contribution in [0.1, 0.15) is 12.8 Å². The summed E-state index contributed by atoms with van der Waals surface area (Å²) in [6.45, 7) is 3.06. The normalized spacial score (nSPS) is 16.9. The highest BCUT2D eigenvalue weighted by atomic mass is 16.5. The van der Waals surface area contributed by atoms with Crippen molar-refractivity contribution in [3.8, 4) is 17.6 Å². The van der Waals surface area contributed by atoms with Crippen LogP contribution in [0, 0.1) is 11.3 Å². The van der Waals surface area contributed by atoms with Crippen LogP contribution in [0.2, 0.25) is 0 Å². The van der Waals surface area contributed by atoms with E-state index in [-0.39, 0.29) is 24.5 Å². The number of aliphatic carboxylic acids is 2. The molecule has 0 spiro atoms. The van der Waals surface area contributed by atoms with Crippen molar-refractivity contribution in [1.82, 2.24) is 15.1 Å². The highest BCUT2D eigenvalue weighted by Crippen LogP contribution is 2.32. The van der Waals surface area contributed by atoms with Gasteiger partial charge in [-0.2, -0.15) is 5.26 Å². The van der Waals surface area contributed by atoms with E-state index in [4.69, 9.17) is 34.5 Å². The summed E-state index contributed by atoms with van der Waals surface area (Å²) < 4.78 is 10.6. The fraction of sp³-hybridized carbons (Fsp3) is 0.500. The van der Waals surface area contributed by atoms with Gasteiger partial charge >= 0.3 is 18.0 Å². The van der Waals surface area contributed by atoms with Gasteiger partial charge in [0.25, 0.3) is 0 Å². The van der Waals surface area contributed by atoms with Crippen LogP contribution in [0.15, 0.2) is 18.2 Å². The molecule has 13 nitrogen and oxygen atoms in total. The van der Waals surface area contributed by atoms with Gasteiger partial charge in [-0.25, -0.2) is 14.4 Å². The Labute approximate surface area is 202 Å². The van der Waals surface area contributed by atoms with Crippen LogP contribution in [0.5, 0.6) is 11.5 Å². The van der Waals surface area contributed by atoms with Gasteiger partial charge in [-0.1, -0.05) is 0 Å². The summed E-state index contributed by atoms with van der Waals surface area (Å²) in [5, 5.41) is 27.0. The van der Waals surface area contributed by atoms with E-state index in [0.29, 0.717) is 44.2 Å². The second-order valence-corrected chi connectivity index (χ2v) is 7.62. The van der Waals surface area contributed by atoms with Crippen LogP contribution in [0.25, 0.3) is 0 Å². The molecule has 2 fully saturated rings. The van der Waals surface area contributed by atoms with Gasteiger partial charge in [0.2, 0.25) is 5.91 Å². The fourth-order valence-corrected chi connectivity index (χ4v) is 3.73. The van der Waals surface area contributed by atoms with E-state index in [1.54, 1.807) is 41.1 Å². The Morgan fingerprint density at radius 2 is 1.80 bits per heavy atom. The molecular weight excluding hydrogens is 462 g/mol. The van der Waals surface area contributed by atoms with Crippen molar-refractivity contribution in [3.63, 3.8) is 0 Å². The average Bonchev–Trinajstić information content (AvgIpc) is 3.48. The number of urea groups is 1. The largest absolute Gasteiger partial charge is 0.493 e. The molecule has 3 rings (SSSR count). The van der Waals surface area contributed by atoms with Gasteiger partial charge in [0.1, 0.15) is 6.04 Å². The Morgan fingerprint density at radius 3 is 2.40 bits per heavy atom. The third-order valence-corrected chi connectivity index (χ3v) is 5.51. The number of nitrogens with one attached hydrogen (secondary N) is 1. The number of benzene rings is 1. The van der Waals surface area contributed by atoms with E-state index in [2.05, 4.69) is 11.4 Å². The van der Waals surface area contributed by atoms with E-state index in [1.165, 1.54) is 0 Å². The van der Waals surface area contributed by atoms with E-state index >= 15 is 0 Å². The molecule has 0 aliphatic carbocycles. The number of carbonyl (C=O) groups is 4. The molecule has 2 saturated heterocycles. The molecule has 190 valence electrons. The number of rotatable bonds is 8. The lowest BCUT2D eigenvalue weighted by Gasteiger charge is -2.21. The minimum atomic E-state index is -1.82. The molecule has 1 aromatic carbocycles. The highest BCUT2D eigenvalue weighted by molar-refractivity contribution is 6.27. The molecule has 35 heavy (non-hydrogen) atoms. The van der Waals surface area contributed by atoms with Gasteiger partial charge in [-0.05, 0) is 25.0 Å². The second kappa shape index (κ2) is 13.0. The number of ether oxygens (including phenoxy) is 2. The Hall–Kier alpha value is -4.05. The molecule has 2 heterocycles. The minimum Gasteiger partial charge on any atom is -0.493 e. The number of hydrogen-bond donors (Lipinski definition) is 3. The lowest BCUT2D eigenvalue weighted by Crippen LogP contribution is -2.43. The Kier molecular flexibility index (Phi) is 10.1. The molecule has 3 amide bonds. The predicted molar refractivity (Wildman–Crippen MR) is 122 cm³/mol. The van der Waals surface area contributed by atoms with E-state index < -0.39 is 11.9 Å². The van der Waals surface area contributed by atoms with Crippen LogP contribution in [-0.2, 0) is 14.4 Å². The first-order valence-electron chi connectivity index (χ1n) is 10.9. The smallest absolute Gasteiger partial charge is 0.414 e. The Bertz CT molecular complexity index is 967. The maximum absolute atomic E-state index is 12.7. The van der Waals surface area contributed by atoms with Crippen LogP contribution in [0.3, 0.4) is 0 Å². The fourth-order valence-electron chi connectivity index (χ4n) is 3.73. The van der Waals surface area contributed by atoms with Gasteiger partial charge in [0.05, 0.1) is 26.8 Å². The highest BCUT2D eigenvalue weighted by Gasteiger charge is 2.30. The molecule has 2 aliphatic rings. The van der Waals surface area contributed by atoms with Crippen molar-refractivity contribution in [1.29, 1.82) is 5.26 Å². The molecule has 0 saturated carbocycles. The van der Waals surface area contributed by atoms with Crippen molar-refractivity contribution >= 4 is 29.6 Å². The summed E-state index contributed by atoms with van der Waals surface area (Å²) in [5.74, 6) is -2.52. The van der Waals surface area contributed by atoms with Crippen molar-refractivity contribution in [3.05, 3.63) is 18.2 Å². The lowest BCUT2D eigenvalue weighted by atomic mass is 10.2. The first kappa shape index (κ1) is 27.2. The second-order valence-electron chi connectivity index (χ2n) is 7.62. The standard InChI is InChI=1S/C20H27N5O4.C2H2O4/c1-28-17-6-5-15(12-18(17)29-2)25-11-10-23(20(25)27)9-7-22-14-19(26)24-8-3-4-16(24)13-21;3-1(4)2(5)6/h5-6,12,16,22H,3-4,7-11,14H2,1-2H3;(H,3,4)(H,5,6)/t16-;/m0./s1. The van der Waals surface area contributed by atoms with Crippen LogP contribution in [-0.4, -0.2) is 103 Å². The number of nitrogens with zero attached hydrogens (tertiary/aromatic N) is 4. The van der Waals surface area contributed by atoms with Gasteiger partial charge in [-0.15, -0.1) is 0 Å². The zero-order valence-electron chi connectivity index (χ0n) is 19.6. The molecule has 1 aromatic rings. The van der Waals surface area contributed by atoms with Crippen molar-refractivity contribution in [2.45, 2.75) is 18.9 Å². The number of carboxylic acid groups (broad SMARTS) is 2. The summed E-state index contributed by atoms with van der Waals surface area (Å²) in [6.07, 6.45) is 1.62. The number of likely N-dealkylation sites (tertiary alicyclic amines) is 1. The number of methoxy groups -OCH3 is 2. The van der Waals surface area contributed by atoms with Gasteiger partial charge in [0, 0.05) is 44.5 Å². The number of nitriles is 1. The lowest BCUT2D eigenvalue weighted by molar-refractivity contribution is -0.159. The maximum Gasteiger partial charge on any atom is 0.414 e. The van der Waals surface area contributed by atoms with Crippen molar-refractivity contribution in [2.24, 2.45) is 0 Å². The van der Waals surface area contributed by atoms with Crippen LogP contribution in [0.4, 0.5) is 10.5 Å². The number of carbonyl (C=O) groups excluding carboxylic acids is 2. The van der Waals surface area contributed by atoms with Gasteiger partial charge < -0.3 is 34.8 Å². The first-order valence-corrected chi connectivity index (χ1v) is 10.9. The first-order chi connectivity index (χ1) is 16.7. The van der Waals surface area contributed by atoms with Crippen LogP contribution >= 0.6 is 0 Å². The zero-order valence-corrected chi connectivity index (χ0v) is 19.6. The zero-order chi connectivity index (χ0) is 26.0. The maximum atomic E-state index is 12.7. The van der Waals surface area contributed by atoms with Gasteiger partial charge in [0.15, 0.2) is 11.5 Å². The average molecular weight is 492 g/mol. The number of carboxylic acids is 2. The summed E-state index contributed by atoms with van der Waals surface area (Å²) in [5.41, 5.74) is 0.759. The SMILES string of the molecule is COc1ccc(N2CCN(CCNCC(=O)N3CCC[C@H]3C#N)C2=O)cc1OC.O=C(O)C(=O)O. The monoisotopic (exact) mass is 491 g/mol. The molecule has 3 N–H and O–H groups in total. The van der Waals surface area contributed by atoms with E-state index in [0.717, 1.165) is 18.5 Å². The quantitative estimate of drug-likeness (QED) is 0.337. The summed E-state index contributed by atoms with van der Waals surface area (Å²) in [6, 6.07) is 7.20. The molecule has 2 aliphatic heterocycles. The summed E-state index contributed by atoms with van der Waals surface area (Å²) in [4.78, 5) is 48.2. The van der Waals surface area contributed by atoms with Crippen LogP contribution < -0.4 is 19.7 Å². The molecule has 0 aromatic heterocycles. The third-order valence-electron chi connectivity index (χ3n) is 5.51. The topological polar surface area (TPSA) is 173 Å². The van der Waals surface area contributed by atoms with Crippen molar-refractivity contribution < 1.29 is 38.9 Å². The predicted octanol–water partition coefficient (Wildman–Crippen LogP) is 0.206. The molecule has 0 radical (unpaired) electrons. The number of hydrogen-bond acceptors (Lipinski definition) is 8. The van der Waals surface area contributed by atoms with Crippen molar-refractivity contribution in [2.75, 3.05) is 58.4 Å². The number of amides is 3. The van der Waals surface area contributed by atoms with E-state index in [1.807, 2.05) is 6.07 Å². The molecule has 0 bridgehead atoms. The third kappa shape index (κ3) is 7.21. The Balaban J connectivity index is 0.000000641. The summed E-state index contributed by atoms with van der Waals surface area (Å²) >= 11 is 0. The molecule has 13 heteroatoms. The summed E-state index contributed by atoms with van der Waals surface area (Å²) in [7, 11) is 3.13. The Morgan fingerprint density at radius 1 is 1.11 bits per heavy atom. The van der Waals surface area contributed by atoms with E-state index in [9.17, 15) is 9.59 Å². The van der Waals surface area contributed by atoms with Gasteiger partial charge in [-0.3, -0.25) is 9.69 Å². The molecule has 0 unspecified atom stereocenters. The number of anilines is 1.